The van der Waals surface area contributed by atoms with Crippen LogP contribution in [0.2, 0.25) is 0 Å². The highest BCUT2D eigenvalue weighted by Crippen LogP contribution is 2.30. The van der Waals surface area contributed by atoms with E-state index in [9.17, 15) is 22.4 Å². The van der Waals surface area contributed by atoms with Crippen LogP contribution in [0.5, 0.6) is 5.88 Å². The number of aromatic nitrogens is 1. The molecule has 0 bridgehead atoms. The zero-order chi connectivity index (χ0) is 21.0. The molecule has 0 saturated carbocycles. The number of benzene rings is 1. The van der Waals surface area contributed by atoms with Crippen molar-refractivity contribution in [3.05, 3.63) is 71.4 Å². The van der Waals surface area contributed by atoms with Gasteiger partial charge in [0.2, 0.25) is 0 Å². The van der Waals surface area contributed by atoms with Gasteiger partial charge >= 0.3 is 0 Å². The molecule has 0 saturated heterocycles. The minimum absolute atomic E-state index is 0.0314. The highest BCUT2D eigenvalue weighted by Gasteiger charge is 2.30. The third kappa shape index (κ3) is 4.98. The Kier molecular flexibility index (Phi) is 6.26. The molecule has 2 aromatic rings. The van der Waals surface area contributed by atoms with E-state index >= 15 is 0 Å². The van der Waals surface area contributed by atoms with Gasteiger partial charge in [-0.05, 0) is 30.5 Å². The molecule has 152 valence electrons. The second kappa shape index (κ2) is 8.85. The summed E-state index contributed by atoms with van der Waals surface area (Å²) in [6.45, 7) is 3.76. The number of carbonyl (C=O) groups excluding carboxylic acids is 1. The fourth-order valence-corrected chi connectivity index (χ4v) is 2.89. The Morgan fingerprint density at radius 2 is 1.86 bits per heavy atom. The number of pyridine rings is 1. The van der Waals surface area contributed by atoms with Gasteiger partial charge in [0.15, 0.2) is 5.82 Å². The number of hydrazone groups is 1. The molecule has 3 rings (SSSR count). The van der Waals surface area contributed by atoms with Crippen molar-refractivity contribution in [3.63, 3.8) is 0 Å². The van der Waals surface area contributed by atoms with E-state index in [-0.39, 0.29) is 24.5 Å². The van der Waals surface area contributed by atoms with E-state index in [0.717, 1.165) is 29.4 Å². The summed E-state index contributed by atoms with van der Waals surface area (Å²) in [6.07, 6.45) is 3.19. The van der Waals surface area contributed by atoms with E-state index in [1.807, 2.05) is 0 Å². The standard InChI is InChI=1S/C20H17F4N3O2/c1-12(3-2-6-29-19-17(24)10-16(23)11-25-19)20(28)27-18(4-5-26-27)13-7-14(21)9-15(22)8-13/h5,7-11,18H,1-4,6H2. The average molecular weight is 407 g/mol. The van der Waals surface area contributed by atoms with Crippen LogP contribution in [0.3, 0.4) is 0 Å². The highest BCUT2D eigenvalue weighted by molar-refractivity contribution is 5.94. The van der Waals surface area contributed by atoms with Crippen molar-refractivity contribution in [1.82, 2.24) is 9.99 Å². The van der Waals surface area contributed by atoms with Crippen LogP contribution in [-0.2, 0) is 4.79 Å². The second-order valence-corrected chi connectivity index (χ2v) is 6.40. The van der Waals surface area contributed by atoms with Crippen molar-refractivity contribution in [1.29, 1.82) is 0 Å². The van der Waals surface area contributed by atoms with Crippen molar-refractivity contribution in [2.24, 2.45) is 5.10 Å². The summed E-state index contributed by atoms with van der Waals surface area (Å²) in [7, 11) is 0. The maximum absolute atomic E-state index is 13.5. The van der Waals surface area contributed by atoms with Gasteiger partial charge in [0.25, 0.3) is 11.8 Å². The fourth-order valence-electron chi connectivity index (χ4n) is 2.89. The summed E-state index contributed by atoms with van der Waals surface area (Å²) in [6, 6.07) is 3.10. The summed E-state index contributed by atoms with van der Waals surface area (Å²) in [5, 5.41) is 5.13. The first kappa shape index (κ1) is 20.5. The lowest BCUT2D eigenvalue weighted by molar-refractivity contribution is -0.129. The van der Waals surface area contributed by atoms with Crippen molar-refractivity contribution in [2.75, 3.05) is 6.61 Å². The quantitative estimate of drug-likeness (QED) is 0.390. The maximum Gasteiger partial charge on any atom is 0.269 e. The predicted octanol–water partition coefficient (Wildman–Crippen LogP) is 4.31. The Morgan fingerprint density at radius 3 is 2.55 bits per heavy atom. The number of carbonyl (C=O) groups is 1. The number of halogens is 4. The van der Waals surface area contributed by atoms with Gasteiger partial charge < -0.3 is 4.74 Å². The molecule has 0 spiro atoms. The Hall–Kier alpha value is -3.23. The molecule has 9 heteroatoms. The molecule has 1 aromatic carbocycles. The van der Waals surface area contributed by atoms with Crippen molar-refractivity contribution in [3.8, 4) is 5.88 Å². The first-order valence-corrected chi connectivity index (χ1v) is 8.79. The van der Waals surface area contributed by atoms with Gasteiger partial charge in [-0.25, -0.2) is 27.6 Å². The van der Waals surface area contributed by atoms with E-state index < -0.39 is 35.2 Å². The molecule has 0 fully saturated rings. The molecular formula is C20H17F4N3O2. The number of rotatable bonds is 7. The summed E-state index contributed by atoms with van der Waals surface area (Å²) < 4.78 is 58.4. The van der Waals surface area contributed by atoms with Gasteiger partial charge in [-0.3, -0.25) is 4.79 Å². The first-order valence-electron chi connectivity index (χ1n) is 8.79. The third-order valence-electron chi connectivity index (χ3n) is 4.25. The summed E-state index contributed by atoms with van der Waals surface area (Å²) >= 11 is 0. The van der Waals surface area contributed by atoms with Crippen LogP contribution in [-0.4, -0.2) is 28.7 Å². The average Bonchev–Trinajstić information content (AvgIpc) is 3.15. The van der Waals surface area contributed by atoms with Crippen LogP contribution < -0.4 is 4.74 Å². The number of nitrogens with zero attached hydrogens (tertiary/aromatic N) is 3. The molecule has 29 heavy (non-hydrogen) atoms. The summed E-state index contributed by atoms with van der Waals surface area (Å²) in [5.41, 5.74) is 0.504. The second-order valence-electron chi connectivity index (χ2n) is 6.40. The van der Waals surface area contributed by atoms with Crippen molar-refractivity contribution < 1.29 is 27.1 Å². The Balaban J connectivity index is 1.55. The first-order chi connectivity index (χ1) is 13.8. The molecule has 1 atom stereocenters. The van der Waals surface area contributed by atoms with E-state index in [0.29, 0.717) is 24.5 Å². The lowest BCUT2D eigenvalue weighted by Crippen LogP contribution is -2.28. The van der Waals surface area contributed by atoms with Crippen LogP contribution in [0.4, 0.5) is 17.6 Å². The minimum atomic E-state index is -0.920. The Morgan fingerprint density at radius 1 is 1.14 bits per heavy atom. The van der Waals surface area contributed by atoms with Gasteiger partial charge in [-0.1, -0.05) is 6.58 Å². The smallest absolute Gasteiger partial charge is 0.269 e. The monoisotopic (exact) mass is 407 g/mol. The molecule has 1 unspecified atom stereocenters. The zero-order valence-electron chi connectivity index (χ0n) is 15.2. The molecule has 2 heterocycles. The minimum Gasteiger partial charge on any atom is -0.476 e. The van der Waals surface area contributed by atoms with Crippen molar-refractivity contribution >= 4 is 12.1 Å². The number of ether oxygens (including phenoxy) is 1. The maximum atomic E-state index is 13.5. The molecular weight excluding hydrogens is 390 g/mol. The molecule has 1 aliphatic rings. The van der Waals surface area contributed by atoms with Gasteiger partial charge in [0.05, 0.1) is 18.8 Å². The van der Waals surface area contributed by atoms with Gasteiger partial charge in [0.1, 0.15) is 17.5 Å². The largest absolute Gasteiger partial charge is 0.476 e. The van der Waals surface area contributed by atoms with Gasteiger partial charge in [-0.15, -0.1) is 0 Å². The SMILES string of the molecule is C=C(CCCOc1ncc(F)cc1F)C(=O)N1N=CCC1c1cc(F)cc(F)c1. The van der Waals surface area contributed by atoms with Gasteiger partial charge in [0, 0.05) is 30.3 Å². The molecule has 0 N–H and O–H groups in total. The number of amides is 1. The van der Waals surface area contributed by atoms with Gasteiger partial charge in [-0.2, -0.15) is 5.10 Å². The molecule has 0 aliphatic carbocycles. The predicted molar refractivity (Wildman–Crippen MR) is 97.1 cm³/mol. The normalized spacial score (nSPS) is 15.6. The number of hydrogen-bond acceptors (Lipinski definition) is 4. The number of hydrogen-bond donors (Lipinski definition) is 0. The van der Waals surface area contributed by atoms with Crippen LogP contribution >= 0.6 is 0 Å². The lowest BCUT2D eigenvalue weighted by atomic mass is 10.0. The van der Waals surface area contributed by atoms with E-state index in [4.69, 9.17) is 4.74 Å². The van der Waals surface area contributed by atoms with E-state index in [1.165, 1.54) is 6.21 Å². The van der Waals surface area contributed by atoms with Crippen molar-refractivity contribution in [2.45, 2.75) is 25.3 Å². The molecule has 1 aromatic heterocycles. The molecule has 5 nitrogen and oxygen atoms in total. The zero-order valence-corrected chi connectivity index (χ0v) is 15.2. The van der Waals surface area contributed by atoms with Crippen LogP contribution in [0, 0.1) is 23.3 Å². The van der Waals surface area contributed by atoms with E-state index in [2.05, 4.69) is 16.7 Å². The third-order valence-corrected chi connectivity index (χ3v) is 4.25. The van der Waals surface area contributed by atoms with Crippen LogP contribution in [0.25, 0.3) is 0 Å². The molecule has 1 aliphatic heterocycles. The van der Waals surface area contributed by atoms with E-state index in [1.54, 1.807) is 0 Å². The van der Waals surface area contributed by atoms with Crippen LogP contribution in [0.15, 0.2) is 47.7 Å². The summed E-state index contributed by atoms with van der Waals surface area (Å²) in [5.74, 6) is -4.03. The molecule has 1 amide bonds. The summed E-state index contributed by atoms with van der Waals surface area (Å²) in [4.78, 5) is 16.1. The Labute approximate surface area is 164 Å². The topological polar surface area (TPSA) is 54.8 Å². The highest BCUT2D eigenvalue weighted by atomic mass is 19.1. The fraction of sp³-hybridized carbons (Fsp3) is 0.250. The molecule has 0 radical (unpaired) electrons. The lowest BCUT2D eigenvalue weighted by Gasteiger charge is -2.23. The Bertz CT molecular complexity index is 944. The van der Waals surface area contributed by atoms with Crippen LogP contribution in [0.1, 0.15) is 30.9 Å².